The van der Waals surface area contributed by atoms with Crippen LogP contribution in [0.3, 0.4) is 0 Å². The van der Waals surface area contributed by atoms with E-state index in [0.29, 0.717) is 17.2 Å². The van der Waals surface area contributed by atoms with E-state index in [1.54, 1.807) is 12.1 Å². The van der Waals surface area contributed by atoms with E-state index in [4.69, 9.17) is 5.26 Å². The van der Waals surface area contributed by atoms with Crippen molar-refractivity contribution in [3.63, 3.8) is 0 Å². The van der Waals surface area contributed by atoms with Crippen molar-refractivity contribution in [3.8, 4) is 17.2 Å². The summed E-state index contributed by atoms with van der Waals surface area (Å²) in [5.41, 5.74) is 5.23. The first kappa shape index (κ1) is 20.6. The Balaban J connectivity index is 1.38. The topological polar surface area (TPSA) is 59.4 Å². The molecule has 1 fully saturated rings. The van der Waals surface area contributed by atoms with E-state index in [2.05, 4.69) is 47.4 Å². The molecule has 4 rings (SSSR count). The van der Waals surface area contributed by atoms with Gasteiger partial charge in [0, 0.05) is 36.1 Å². The highest BCUT2D eigenvalue weighted by molar-refractivity contribution is 6.04. The van der Waals surface area contributed by atoms with Crippen molar-refractivity contribution < 1.29 is 4.79 Å². The minimum absolute atomic E-state index is 0.132. The molecule has 0 saturated carbocycles. The quantitative estimate of drug-likeness (QED) is 0.667. The van der Waals surface area contributed by atoms with E-state index < -0.39 is 0 Å². The third-order valence-corrected chi connectivity index (χ3v) is 5.88. The van der Waals surface area contributed by atoms with Gasteiger partial charge in [-0.15, -0.1) is 0 Å². The molecule has 156 valence electrons. The normalized spacial score (nSPS) is 15.7. The van der Waals surface area contributed by atoms with Crippen LogP contribution >= 0.6 is 0 Å². The van der Waals surface area contributed by atoms with Gasteiger partial charge in [0.2, 0.25) is 0 Å². The van der Waals surface area contributed by atoms with Gasteiger partial charge in [-0.1, -0.05) is 24.3 Å². The molecule has 1 saturated heterocycles. The molecule has 1 heterocycles. The zero-order chi connectivity index (χ0) is 21.8. The van der Waals surface area contributed by atoms with Crippen molar-refractivity contribution in [3.05, 3.63) is 83.9 Å². The molecule has 0 aromatic heterocycles. The highest BCUT2D eigenvalue weighted by atomic mass is 16.1. The van der Waals surface area contributed by atoms with Crippen LogP contribution in [0.1, 0.15) is 22.3 Å². The van der Waals surface area contributed by atoms with Gasteiger partial charge in [0.05, 0.1) is 11.6 Å². The minimum atomic E-state index is -0.132. The molecule has 5 heteroatoms. The lowest BCUT2D eigenvalue weighted by molar-refractivity contribution is 0.102. The fraction of sp³-hybridized carbons (Fsp3) is 0.231. The Bertz CT molecular complexity index is 1080. The maximum Gasteiger partial charge on any atom is 0.255 e. The molecule has 3 aromatic rings. The number of amides is 1. The molecule has 0 spiro atoms. The predicted molar refractivity (Wildman–Crippen MR) is 125 cm³/mol. The number of nitriles is 1. The number of nitrogens with zero attached hydrogens (tertiary/aromatic N) is 3. The smallest absolute Gasteiger partial charge is 0.255 e. The summed E-state index contributed by atoms with van der Waals surface area (Å²) in [5.74, 6) is -0.132. The Hall–Kier alpha value is -3.62. The second-order valence-electron chi connectivity index (χ2n) is 8.12. The van der Waals surface area contributed by atoms with Gasteiger partial charge < -0.3 is 15.1 Å². The number of nitrogens with one attached hydrogen (secondary N) is 1. The average molecular weight is 411 g/mol. The van der Waals surface area contributed by atoms with Crippen LogP contribution in [0.15, 0.2) is 72.8 Å². The van der Waals surface area contributed by atoms with Crippen LogP contribution in [0.5, 0.6) is 0 Å². The molecule has 3 aromatic carbocycles. The summed E-state index contributed by atoms with van der Waals surface area (Å²) in [6.45, 7) is 2.09. The molecule has 0 radical (unpaired) electrons. The Morgan fingerprint density at radius 2 is 1.58 bits per heavy atom. The summed E-state index contributed by atoms with van der Waals surface area (Å²) in [6, 6.07) is 25.7. The molecule has 1 aliphatic heterocycles. The minimum Gasteiger partial charge on any atom is -0.370 e. The van der Waals surface area contributed by atoms with Crippen LogP contribution in [-0.4, -0.2) is 44.0 Å². The Labute approximate surface area is 183 Å². The van der Waals surface area contributed by atoms with Gasteiger partial charge in [-0.05, 0) is 80.2 Å². The third-order valence-electron chi connectivity index (χ3n) is 5.88. The molecule has 1 atom stereocenters. The van der Waals surface area contributed by atoms with Crippen LogP contribution < -0.4 is 10.2 Å². The van der Waals surface area contributed by atoms with E-state index >= 15 is 0 Å². The van der Waals surface area contributed by atoms with Crippen molar-refractivity contribution >= 4 is 17.3 Å². The van der Waals surface area contributed by atoms with Crippen LogP contribution in [-0.2, 0) is 0 Å². The second-order valence-corrected chi connectivity index (χ2v) is 8.12. The second kappa shape index (κ2) is 9.03. The average Bonchev–Trinajstić information content (AvgIpc) is 3.30. The van der Waals surface area contributed by atoms with Crippen molar-refractivity contribution in [1.82, 2.24) is 4.90 Å². The van der Waals surface area contributed by atoms with Gasteiger partial charge in [-0.25, -0.2) is 0 Å². The lowest BCUT2D eigenvalue weighted by Gasteiger charge is -2.22. The maximum atomic E-state index is 12.6. The lowest BCUT2D eigenvalue weighted by atomic mass is 10.0. The monoisotopic (exact) mass is 410 g/mol. The molecule has 1 aliphatic rings. The van der Waals surface area contributed by atoms with Gasteiger partial charge in [-0.3, -0.25) is 4.79 Å². The lowest BCUT2D eigenvalue weighted by Crippen LogP contribution is -2.31. The summed E-state index contributed by atoms with van der Waals surface area (Å²) >= 11 is 0. The molecule has 5 nitrogen and oxygen atoms in total. The maximum absolute atomic E-state index is 12.6. The molecule has 1 N–H and O–H groups in total. The van der Waals surface area contributed by atoms with E-state index in [-0.39, 0.29) is 5.91 Å². The molecular formula is C26H26N4O. The van der Waals surface area contributed by atoms with Crippen LogP contribution in [0, 0.1) is 11.3 Å². The van der Waals surface area contributed by atoms with Crippen molar-refractivity contribution in [2.45, 2.75) is 12.5 Å². The Morgan fingerprint density at radius 3 is 2.13 bits per heavy atom. The number of hydrogen-bond donors (Lipinski definition) is 1. The van der Waals surface area contributed by atoms with E-state index in [9.17, 15) is 4.79 Å². The first-order chi connectivity index (χ1) is 15.0. The Morgan fingerprint density at radius 1 is 0.968 bits per heavy atom. The number of carbonyl (C=O) groups excluding carboxylic acids is 1. The standard InChI is InChI=1S/C26H26N4O/c1-29(2)25-15-16-30(18-25)24-13-11-23(12-14-24)28-26(31)22-9-7-21(8-10-22)20-5-3-19(17-27)4-6-20/h3-14,25H,15-16,18H2,1-2H3,(H,28,31). The van der Waals surface area contributed by atoms with E-state index in [1.807, 2.05) is 48.5 Å². The summed E-state index contributed by atoms with van der Waals surface area (Å²) in [5, 5.41) is 11.9. The molecule has 31 heavy (non-hydrogen) atoms. The third kappa shape index (κ3) is 4.76. The van der Waals surface area contributed by atoms with Gasteiger partial charge in [0.25, 0.3) is 5.91 Å². The summed E-state index contributed by atoms with van der Waals surface area (Å²) in [7, 11) is 4.26. The zero-order valence-electron chi connectivity index (χ0n) is 17.9. The SMILES string of the molecule is CN(C)C1CCN(c2ccc(NC(=O)c3ccc(-c4ccc(C#N)cc4)cc3)cc2)C1. The Kier molecular flexibility index (Phi) is 6.01. The highest BCUT2D eigenvalue weighted by Gasteiger charge is 2.23. The number of rotatable bonds is 5. The summed E-state index contributed by atoms with van der Waals surface area (Å²) in [6.07, 6.45) is 1.17. The molecule has 0 bridgehead atoms. The van der Waals surface area contributed by atoms with Crippen LogP contribution in [0.25, 0.3) is 11.1 Å². The van der Waals surface area contributed by atoms with Gasteiger partial charge >= 0.3 is 0 Å². The molecule has 0 aliphatic carbocycles. The first-order valence-electron chi connectivity index (χ1n) is 10.5. The number of anilines is 2. The van der Waals surface area contributed by atoms with Gasteiger partial charge in [0.1, 0.15) is 0 Å². The van der Waals surface area contributed by atoms with Gasteiger partial charge in [-0.2, -0.15) is 5.26 Å². The summed E-state index contributed by atoms with van der Waals surface area (Å²) in [4.78, 5) is 17.3. The van der Waals surface area contributed by atoms with E-state index in [0.717, 1.165) is 29.9 Å². The molecule has 1 amide bonds. The van der Waals surface area contributed by atoms with E-state index in [1.165, 1.54) is 12.1 Å². The highest BCUT2D eigenvalue weighted by Crippen LogP contribution is 2.24. The molecular weight excluding hydrogens is 384 g/mol. The molecule has 1 unspecified atom stereocenters. The van der Waals surface area contributed by atoms with Crippen molar-refractivity contribution in [2.75, 3.05) is 37.4 Å². The van der Waals surface area contributed by atoms with Crippen molar-refractivity contribution in [1.29, 1.82) is 5.26 Å². The fourth-order valence-electron chi connectivity index (χ4n) is 3.91. The number of benzene rings is 3. The largest absolute Gasteiger partial charge is 0.370 e. The summed E-state index contributed by atoms with van der Waals surface area (Å²) < 4.78 is 0. The van der Waals surface area contributed by atoms with Crippen LogP contribution in [0.4, 0.5) is 11.4 Å². The fourth-order valence-corrected chi connectivity index (χ4v) is 3.91. The zero-order valence-corrected chi connectivity index (χ0v) is 17.9. The number of likely N-dealkylation sites (N-methyl/N-ethyl adjacent to an activating group) is 1. The van der Waals surface area contributed by atoms with Gasteiger partial charge in [0.15, 0.2) is 0 Å². The predicted octanol–water partition coefficient (Wildman–Crippen LogP) is 4.62. The van der Waals surface area contributed by atoms with Crippen molar-refractivity contribution in [2.24, 2.45) is 0 Å². The number of carbonyl (C=O) groups is 1. The van der Waals surface area contributed by atoms with Crippen LogP contribution in [0.2, 0.25) is 0 Å². The number of hydrogen-bond acceptors (Lipinski definition) is 4. The first-order valence-corrected chi connectivity index (χ1v) is 10.5.